The molecular formula is C18H16ClN3O. The van der Waals surface area contributed by atoms with Gasteiger partial charge in [-0.3, -0.25) is 4.79 Å². The van der Waals surface area contributed by atoms with Gasteiger partial charge in [0.15, 0.2) is 0 Å². The molecule has 0 radical (unpaired) electrons. The number of anilines is 1. The van der Waals surface area contributed by atoms with Crippen LogP contribution < -0.4 is 10.6 Å². The predicted molar refractivity (Wildman–Crippen MR) is 91.9 cm³/mol. The van der Waals surface area contributed by atoms with Crippen molar-refractivity contribution in [1.29, 1.82) is 5.26 Å². The van der Waals surface area contributed by atoms with E-state index in [1.165, 1.54) is 6.20 Å². The Labute approximate surface area is 140 Å². The van der Waals surface area contributed by atoms with Crippen molar-refractivity contribution in [2.24, 2.45) is 0 Å². The molecule has 0 saturated heterocycles. The first kappa shape index (κ1) is 16.6. The van der Waals surface area contributed by atoms with Crippen molar-refractivity contribution in [2.45, 2.75) is 6.42 Å². The molecule has 0 saturated carbocycles. The Balaban J connectivity index is 1.90. The second kappa shape index (κ2) is 8.62. The fraction of sp³-hybridized carbons (Fsp3) is 0.111. The Hall–Kier alpha value is -2.77. The van der Waals surface area contributed by atoms with Crippen molar-refractivity contribution in [3.05, 3.63) is 77.0 Å². The molecule has 2 aromatic carbocycles. The number of nitrogens with zero attached hydrogens (tertiary/aromatic N) is 1. The number of para-hydroxylation sites is 1. The van der Waals surface area contributed by atoms with Crippen LogP contribution in [-0.4, -0.2) is 12.5 Å². The van der Waals surface area contributed by atoms with Crippen LogP contribution in [0.15, 0.2) is 66.4 Å². The number of carbonyl (C=O) groups excluding carboxylic acids is 1. The van der Waals surface area contributed by atoms with E-state index < -0.39 is 5.91 Å². The number of hydrogen-bond acceptors (Lipinski definition) is 3. The van der Waals surface area contributed by atoms with Gasteiger partial charge in [0.25, 0.3) is 5.91 Å². The molecule has 0 aliphatic carbocycles. The first-order valence-electron chi connectivity index (χ1n) is 7.14. The summed E-state index contributed by atoms with van der Waals surface area (Å²) in [5.41, 5.74) is 1.77. The molecule has 0 unspecified atom stereocenters. The lowest BCUT2D eigenvalue weighted by Gasteiger charge is -2.06. The largest absolute Gasteiger partial charge is 0.359 e. The SMILES string of the molecule is N#C/C(=C/Nc1ccccc1Cl)C(=O)NCCc1ccccc1. The minimum absolute atomic E-state index is 0.00187. The molecule has 2 N–H and O–H groups in total. The molecule has 0 aliphatic rings. The van der Waals surface area contributed by atoms with E-state index in [0.717, 1.165) is 5.56 Å². The molecule has 0 atom stereocenters. The van der Waals surface area contributed by atoms with Crippen LogP contribution in [0.5, 0.6) is 0 Å². The van der Waals surface area contributed by atoms with E-state index in [1.54, 1.807) is 18.2 Å². The van der Waals surface area contributed by atoms with Gasteiger partial charge >= 0.3 is 0 Å². The van der Waals surface area contributed by atoms with Gasteiger partial charge in [0.2, 0.25) is 0 Å². The van der Waals surface area contributed by atoms with Gasteiger partial charge in [-0.25, -0.2) is 0 Å². The van der Waals surface area contributed by atoms with E-state index in [2.05, 4.69) is 10.6 Å². The van der Waals surface area contributed by atoms with Crippen LogP contribution in [-0.2, 0) is 11.2 Å². The Kier molecular flexibility index (Phi) is 6.22. The van der Waals surface area contributed by atoms with Gasteiger partial charge in [-0.05, 0) is 24.1 Å². The third-order valence-electron chi connectivity index (χ3n) is 3.15. The molecule has 0 aliphatic heterocycles. The maximum absolute atomic E-state index is 12.0. The average molecular weight is 326 g/mol. The molecule has 2 aromatic rings. The van der Waals surface area contributed by atoms with Gasteiger partial charge in [0, 0.05) is 12.7 Å². The fourth-order valence-corrected chi connectivity index (χ4v) is 2.13. The van der Waals surface area contributed by atoms with Crippen LogP contribution >= 0.6 is 11.6 Å². The summed E-state index contributed by atoms with van der Waals surface area (Å²) in [5.74, 6) is -0.414. The summed E-state index contributed by atoms with van der Waals surface area (Å²) < 4.78 is 0. The standard InChI is InChI=1S/C18H16ClN3O/c19-16-8-4-5-9-17(16)22-13-15(12-20)18(23)21-11-10-14-6-2-1-3-7-14/h1-9,13,22H,10-11H2,(H,21,23)/b15-13-. The van der Waals surface area contributed by atoms with Crippen molar-refractivity contribution < 1.29 is 4.79 Å². The molecule has 0 spiro atoms. The van der Waals surface area contributed by atoms with Crippen LogP contribution in [0.4, 0.5) is 5.69 Å². The van der Waals surface area contributed by atoms with Crippen molar-refractivity contribution >= 4 is 23.2 Å². The summed E-state index contributed by atoms with van der Waals surface area (Å²) in [6, 6.07) is 18.8. The van der Waals surface area contributed by atoms with Gasteiger partial charge in [-0.2, -0.15) is 5.26 Å². The Bertz CT molecular complexity index is 735. The highest BCUT2D eigenvalue weighted by atomic mass is 35.5. The molecule has 0 aromatic heterocycles. The summed E-state index contributed by atoms with van der Waals surface area (Å²) >= 11 is 6.01. The Morgan fingerprint density at radius 1 is 1.13 bits per heavy atom. The van der Waals surface area contributed by atoms with Gasteiger partial charge in [0.05, 0.1) is 10.7 Å². The maximum Gasteiger partial charge on any atom is 0.263 e. The summed E-state index contributed by atoms with van der Waals surface area (Å²) in [6.07, 6.45) is 2.07. The molecule has 5 heteroatoms. The predicted octanol–water partition coefficient (Wildman–Crippen LogP) is 3.52. The van der Waals surface area contributed by atoms with Gasteiger partial charge in [0.1, 0.15) is 11.6 Å². The quantitative estimate of drug-likeness (QED) is 0.631. The minimum Gasteiger partial charge on any atom is -0.359 e. The highest BCUT2D eigenvalue weighted by molar-refractivity contribution is 6.33. The van der Waals surface area contributed by atoms with Crippen LogP contribution in [0, 0.1) is 11.3 Å². The lowest BCUT2D eigenvalue weighted by Crippen LogP contribution is -2.27. The maximum atomic E-state index is 12.0. The number of benzene rings is 2. The van der Waals surface area contributed by atoms with Crippen molar-refractivity contribution in [3.8, 4) is 6.07 Å². The minimum atomic E-state index is -0.414. The van der Waals surface area contributed by atoms with Crippen molar-refractivity contribution in [1.82, 2.24) is 5.32 Å². The summed E-state index contributed by atoms with van der Waals surface area (Å²) in [4.78, 5) is 12.0. The first-order valence-corrected chi connectivity index (χ1v) is 7.52. The smallest absolute Gasteiger partial charge is 0.263 e. The zero-order valence-corrected chi connectivity index (χ0v) is 13.2. The number of rotatable bonds is 6. The number of halogens is 1. The number of amides is 1. The van der Waals surface area contributed by atoms with Gasteiger partial charge < -0.3 is 10.6 Å². The fourth-order valence-electron chi connectivity index (χ4n) is 1.94. The summed E-state index contributed by atoms with van der Waals surface area (Å²) in [6.45, 7) is 0.466. The summed E-state index contributed by atoms with van der Waals surface area (Å²) in [7, 11) is 0. The highest BCUT2D eigenvalue weighted by Crippen LogP contribution is 2.20. The Morgan fingerprint density at radius 2 is 1.83 bits per heavy atom. The molecule has 0 bridgehead atoms. The lowest BCUT2D eigenvalue weighted by molar-refractivity contribution is -0.117. The van der Waals surface area contributed by atoms with E-state index in [0.29, 0.717) is 23.7 Å². The third-order valence-corrected chi connectivity index (χ3v) is 3.48. The van der Waals surface area contributed by atoms with Crippen LogP contribution in [0.2, 0.25) is 5.02 Å². The molecule has 4 nitrogen and oxygen atoms in total. The van der Waals surface area contributed by atoms with Crippen molar-refractivity contribution in [3.63, 3.8) is 0 Å². The molecule has 116 valence electrons. The number of nitrogens with one attached hydrogen (secondary N) is 2. The second-order valence-corrected chi connectivity index (χ2v) is 5.19. The monoisotopic (exact) mass is 325 g/mol. The molecule has 1 amide bonds. The van der Waals surface area contributed by atoms with E-state index in [1.807, 2.05) is 42.5 Å². The van der Waals surface area contributed by atoms with E-state index in [-0.39, 0.29) is 5.57 Å². The zero-order valence-electron chi connectivity index (χ0n) is 12.4. The average Bonchev–Trinajstić information content (AvgIpc) is 2.58. The normalized spacial score (nSPS) is 10.7. The Morgan fingerprint density at radius 3 is 2.52 bits per heavy atom. The van der Waals surface area contributed by atoms with Crippen molar-refractivity contribution in [2.75, 3.05) is 11.9 Å². The second-order valence-electron chi connectivity index (χ2n) is 4.79. The zero-order chi connectivity index (χ0) is 16.5. The number of hydrogen-bond donors (Lipinski definition) is 2. The lowest BCUT2D eigenvalue weighted by atomic mass is 10.1. The molecule has 2 rings (SSSR count). The van der Waals surface area contributed by atoms with Crippen LogP contribution in [0.1, 0.15) is 5.56 Å². The van der Waals surface area contributed by atoms with Crippen LogP contribution in [0.3, 0.4) is 0 Å². The molecule has 0 heterocycles. The van der Waals surface area contributed by atoms with E-state index in [4.69, 9.17) is 16.9 Å². The van der Waals surface area contributed by atoms with Gasteiger partial charge in [-0.15, -0.1) is 0 Å². The van der Waals surface area contributed by atoms with E-state index >= 15 is 0 Å². The first-order chi connectivity index (χ1) is 11.2. The van der Waals surface area contributed by atoms with Crippen LogP contribution in [0.25, 0.3) is 0 Å². The van der Waals surface area contributed by atoms with E-state index in [9.17, 15) is 4.79 Å². The molecular weight excluding hydrogens is 310 g/mol. The summed E-state index contributed by atoms with van der Waals surface area (Å²) in [5, 5.41) is 15.2. The van der Waals surface area contributed by atoms with Gasteiger partial charge in [-0.1, -0.05) is 54.1 Å². The molecule has 0 fully saturated rings. The third kappa shape index (κ3) is 5.17. The topological polar surface area (TPSA) is 64.9 Å². The number of carbonyl (C=O) groups is 1. The molecule has 23 heavy (non-hydrogen) atoms. The number of nitriles is 1. The highest BCUT2D eigenvalue weighted by Gasteiger charge is 2.08.